The van der Waals surface area contributed by atoms with Crippen LogP contribution in [-0.4, -0.2) is 12.1 Å². The van der Waals surface area contributed by atoms with E-state index >= 15 is 0 Å². The number of hydrogen-bond acceptors (Lipinski definition) is 2. The summed E-state index contributed by atoms with van der Waals surface area (Å²) < 4.78 is 18.9. The van der Waals surface area contributed by atoms with E-state index in [1.54, 1.807) is 18.2 Å². The molecular formula is C24H31FO2. The normalized spacial score (nSPS) is 12.7. The fraction of sp³-hybridized carbons (Fsp3) is 0.458. The second-order valence-electron chi connectivity index (χ2n) is 6.86. The van der Waals surface area contributed by atoms with Crippen molar-refractivity contribution in [2.75, 3.05) is 0 Å². The highest BCUT2D eigenvalue weighted by atomic mass is 19.1. The molecule has 0 N–H and O–H groups in total. The SMILES string of the molecule is C=CC/C(=C(/C(C)C)C(C#CCCCCC)OC(C)=O)c1ccc(F)cc1. The van der Waals surface area contributed by atoms with Crippen LogP contribution in [0.1, 0.15) is 65.4 Å². The molecule has 0 radical (unpaired) electrons. The molecule has 0 heterocycles. The van der Waals surface area contributed by atoms with Crippen molar-refractivity contribution < 1.29 is 13.9 Å². The van der Waals surface area contributed by atoms with Crippen LogP contribution in [0.25, 0.3) is 5.57 Å². The van der Waals surface area contributed by atoms with Crippen LogP contribution >= 0.6 is 0 Å². The molecule has 0 saturated heterocycles. The van der Waals surface area contributed by atoms with Crippen molar-refractivity contribution in [2.24, 2.45) is 5.92 Å². The minimum atomic E-state index is -0.607. The zero-order valence-electron chi connectivity index (χ0n) is 17.0. The summed E-state index contributed by atoms with van der Waals surface area (Å²) in [4.78, 5) is 11.7. The van der Waals surface area contributed by atoms with Crippen LogP contribution in [0.4, 0.5) is 4.39 Å². The van der Waals surface area contributed by atoms with E-state index in [2.05, 4.69) is 39.2 Å². The van der Waals surface area contributed by atoms with Gasteiger partial charge in [0.2, 0.25) is 0 Å². The van der Waals surface area contributed by atoms with Crippen LogP contribution in [0.2, 0.25) is 0 Å². The van der Waals surface area contributed by atoms with E-state index in [0.717, 1.165) is 42.4 Å². The Labute approximate surface area is 163 Å². The number of halogens is 1. The predicted molar refractivity (Wildman–Crippen MR) is 110 cm³/mol. The van der Waals surface area contributed by atoms with Gasteiger partial charge in [-0.25, -0.2) is 4.39 Å². The number of hydrogen-bond donors (Lipinski definition) is 0. The van der Waals surface area contributed by atoms with Crippen LogP contribution in [0, 0.1) is 23.6 Å². The van der Waals surface area contributed by atoms with Gasteiger partial charge in [-0.2, -0.15) is 0 Å². The first-order valence-corrected chi connectivity index (χ1v) is 9.66. The number of rotatable bonds is 9. The monoisotopic (exact) mass is 370 g/mol. The Hall–Kier alpha value is -2.34. The third-order valence-corrected chi connectivity index (χ3v) is 4.22. The van der Waals surface area contributed by atoms with Gasteiger partial charge in [-0.15, -0.1) is 6.58 Å². The number of carbonyl (C=O) groups is 1. The Morgan fingerprint density at radius 3 is 2.44 bits per heavy atom. The molecule has 0 aliphatic carbocycles. The molecule has 27 heavy (non-hydrogen) atoms. The Kier molecular flexibility index (Phi) is 10.2. The van der Waals surface area contributed by atoms with E-state index in [-0.39, 0.29) is 17.7 Å². The predicted octanol–water partition coefficient (Wildman–Crippen LogP) is 6.33. The van der Waals surface area contributed by atoms with E-state index in [4.69, 9.17) is 4.74 Å². The van der Waals surface area contributed by atoms with Gasteiger partial charge in [-0.1, -0.05) is 63.7 Å². The van der Waals surface area contributed by atoms with E-state index < -0.39 is 6.10 Å². The number of carbonyl (C=O) groups excluding carboxylic acids is 1. The summed E-state index contributed by atoms with van der Waals surface area (Å²) >= 11 is 0. The molecule has 146 valence electrons. The summed E-state index contributed by atoms with van der Waals surface area (Å²) in [5.41, 5.74) is 2.82. The zero-order chi connectivity index (χ0) is 20.2. The van der Waals surface area contributed by atoms with Crippen molar-refractivity contribution in [3.05, 3.63) is 53.9 Å². The maximum Gasteiger partial charge on any atom is 0.304 e. The highest BCUT2D eigenvalue weighted by Crippen LogP contribution is 2.31. The van der Waals surface area contributed by atoms with Gasteiger partial charge in [-0.3, -0.25) is 4.79 Å². The van der Waals surface area contributed by atoms with Gasteiger partial charge in [0.15, 0.2) is 6.10 Å². The van der Waals surface area contributed by atoms with E-state index in [1.165, 1.54) is 19.1 Å². The molecule has 1 unspecified atom stereocenters. The summed E-state index contributed by atoms with van der Waals surface area (Å²) in [6.45, 7) is 11.5. The minimum absolute atomic E-state index is 0.110. The maximum absolute atomic E-state index is 13.4. The molecule has 0 aliphatic heterocycles. The van der Waals surface area contributed by atoms with E-state index in [9.17, 15) is 9.18 Å². The van der Waals surface area contributed by atoms with Crippen molar-refractivity contribution in [1.29, 1.82) is 0 Å². The lowest BCUT2D eigenvalue weighted by Crippen LogP contribution is -2.22. The maximum atomic E-state index is 13.4. The molecule has 0 saturated carbocycles. The van der Waals surface area contributed by atoms with Crippen LogP contribution in [0.15, 0.2) is 42.5 Å². The molecule has 0 bridgehead atoms. The van der Waals surface area contributed by atoms with E-state index in [0.29, 0.717) is 6.42 Å². The molecule has 3 heteroatoms. The molecule has 2 nitrogen and oxygen atoms in total. The standard InChI is InChI=1S/C24H31FO2/c1-6-8-9-10-11-13-23(27-19(5)26)24(18(3)4)22(12-7-2)20-14-16-21(25)17-15-20/h7,14-18,23H,2,6,8-10,12H2,1,3-5H3/b24-22+. The Bertz CT molecular complexity index is 702. The van der Waals surface area contributed by atoms with Crippen molar-refractivity contribution in [1.82, 2.24) is 0 Å². The largest absolute Gasteiger partial charge is 0.445 e. The van der Waals surface area contributed by atoms with Crippen LogP contribution < -0.4 is 0 Å². The number of allylic oxidation sites excluding steroid dienone is 2. The summed E-state index contributed by atoms with van der Waals surface area (Å²) in [5, 5.41) is 0. The van der Waals surface area contributed by atoms with Gasteiger partial charge >= 0.3 is 5.97 Å². The second kappa shape index (κ2) is 12.1. The topological polar surface area (TPSA) is 26.3 Å². The van der Waals surface area contributed by atoms with Gasteiger partial charge in [0.1, 0.15) is 5.82 Å². The number of benzene rings is 1. The van der Waals surface area contributed by atoms with Crippen LogP contribution in [0.5, 0.6) is 0 Å². The Balaban J connectivity index is 3.39. The molecule has 0 aliphatic rings. The zero-order valence-corrected chi connectivity index (χ0v) is 17.0. The smallest absolute Gasteiger partial charge is 0.304 e. The minimum Gasteiger partial charge on any atom is -0.445 e. The summed E-state index contributed by atoms with van der Waals surface area (Å²) in [6.07, 6.45) is 5.88. The third-order valence-electron chi connectivity index (χ3n) is 4.22. The van der Waals surface area contributed by atoms with Crippen molar-refractivity contribution in [3.63, 3.8) is 0 Å². The van der Waals surface area contributed by atoms with Gasteiger partial charge in [0.05, 0.1) is 0 Å². The summed E-state index contributed by atoms with van der Waals surface area (Å²) in [6, 6.07) is 6.37. The summed E-state index contributed by atoms with van der Waals surface area (Å²) in [7, 11) is 0. The fourth-order valence-corrected chi connectivity index (χ4v) is 2.97. The highest BCUT2D eigenvalue weighted by Gasteiger charge is 2.23. The molecule has 0 aromatic heterocycles. The molecule has 1 atom stereocenters. The number of unbranched alkanes of at least 4 members (excludes halogenated alkanes) is 3. The van der Waals surface area contributed by atoms with Crippen molar-refractivity contribution in [3.8, 4) is 11.8 Å². The van der Waals surface area contributed by atoms with Crippen LogP contribution in [-0.2, 0) is 9.53 Å². The molecule has 1 aromatic carbocycles. The molecule has 0 spiro atoms. The lowest BCUT2D eigenvalue weighted by molar-refractivity contribution is -0.142. The third kappa shape index (κ3) is 7.83. The molecule has 1 rings (SSSR count). The second-order valence-corrected chi connectivity index (χ2v) is 6.86. The van der Waals surface area contributed by atoms with Gasteiger partial charge in [-0.05, 0) is 47.6 Å². The van der Waals surface area contributed by atoms with Gasteiger partial charge < -0.3 is 4.74 Å². The average molecular weight is 371 g/mol. The first-order valence-electron chi connectivity index (χ1n) is 9.66. The quantitative estimate of drug-likeness (QED) is 0.220. The highest BCUT2D eigenvalue weighted by molar-refractivity contribution is 5.73. The number of ether oxygens (including phenoxy) is 1. The summed E-state index contributed by atoms with van der Waals surface area (Å²) in [5.74, 6) is 5.79. The molecule has 0 fully saturated rings. The first-order chi connectivity index (χ1) is 12.9. The lowest BCUT2D eigenvalue weighted by atomic mass is 9.87. The first kappa shape index (κ1) is 22.7. The van der Waals surface area contributed by atoms with E-state index in [1.807, 2.05) is 0 Å². The molecule has 1 aromatic rings. The van der Waals surface area contributed by atoms with Gasteiger partial charge in [0.25, 0.3) is 0 Å². The Morgan fingerprint density at radius 1 is 1.26 bits per heavy atom. The van der Waals surface area contributed by atoms with Crippen molar-refractivity contribution in [2.45, 2.75) is 65.9 Å². The van der Waals surface area contributed by atoms with Gasteiger partial charge in [0, 0.05) is 13.3 Å². The average Bonchev–Trinajstić information content (AvgIpc) is 2.61. The lowest BCUT2D eigenvalue weighted by Gasteiger charge is -2.23. The molecular weight excluding hydrogens is 339 g/mol. The Morgan fingerprint density at radius 2 is 1.93 bits per heavy atom. The number of esters is 1. The molecule has 0 amide bonds. The van der Waals surface area contributed by atoms with Crippen molar-refractivity contribution >= 4 is 11.5 Å². The van der Waals surface area contributed by atoms with Crippen LogP contribution in [0.3, 0.4) is 0 Å². The fourth-order valence-electron chi connectivity index (χ4n) is 2.97.